The highest BCUT2D eigenvalue weighted by atomic mass is 35.5. The Morgan fingerprint density at radius 1 is 1.10 bits per heavy atom. The van der Waals surface area contributed by atoms with Crippen molar-refractivity contribution in [1.29, 1.82) is 0 Å². The topological polar surface area (TPSA) is 81.9 Å². The van der Waals surface area contributed by atoms with Gasteiger partial charge in [0.05, 0.1) is 23.3 Å². The van der Waals surface area contributed by atoms with Crippen LogP contribution in [0, 0.1) is 0 Å². The predicted molar refractivity (Wildman–Crippen MR) is 83.4 cm³/mol. The van der Waals surface area contributed by atoms with Gasteiger partial charge < -0.3 is 15.2 Å². The van der Waals surface area contributed by atoms with Crippen LogP contribution in [-0.2, 0) is 19.5 Å². The summed E-state index contributed by atoms with van der Waals surface area (Å²) < 4.78 is 36.5. The molecule has 0 bridgehead atoms. The lowest BCUT2D eigenvalue weighted by Gasteiger charge is -2.22. The van der Waals surface area contributed by atoms with Gasteiger partial charge in [-0.2, -0.15) is 4.31 Å². The van der Waals surface area contributed by atoms with Gasteiger partial charge in [0.2, 0.25) is 10.0 Å². The van der Waals surface area contributed by atoms with Crippen LogP contribution in [0.1, 0.15) is 0 Å². The maximum absolute atomic E-state index is 12.7. The number of hydrogen-bond donors (Lipinski definition) is 1. The van der Waals surface area contributed by atoms with E-state index in [4.69, 9.17) is 38.4 Å². The van der Waals surface area contributed by atoms with E-state index >= 15 is 0 Å². The van der Waals surface area contributed by atoms with Crippen LogP contribution in [0.2, 0.25) is 10.0 Å². The van der Waals surface area contributed by atoms with Gasteiger partial charge in [-0.1, -0.05) is 23.2 Å². The molecule has 0 amide bonds. The van der Waals surface area contributed by atoms with Gasteiger partial charge >= 0.3 is 0 Å². The summed E-state index contributed by atoms with van der Waals surface area (Å²) in [6, 6.07) is 2.70. The van der Waals surface area contributed by atoms with Crippen LogP contribution in [0.3, 0.4) is 0 Å². The van der Waals surface area contributed by atoms with Gasteiger partial charge in [-0.3, -0.25) is 0 Å². The van der Waals surface area contributed by atoms with Crippen LogP contribution in [0.25, 0.3) is 0 Å². The summed E-state index contributed by atoms with van der Waals surface area (Å²) in [5.74, 6) is 0. The standard InChI is InChI=1S/C12H18Cl2N2O4S/c1-19-5-3-16(4-6-20-2)21(17,18)12-10(13)7-9(15)8-11(12)14/h7-8H,3-6,15H2,1-2H3. The Labute approximate surface area is 134 Å². The number of rotatable bonds is 8. The minimum Gasteiger partial charge on any atom is -0.399 e. The fourth-order valence-electron chi connectivity index (χ4n) is 1.69. The molecule has 1 aromatic rings. The highest BCUT2D eigenvalue weighted by molar-refractivity contribution is 7.89. The summed E-state index contributed by atoms with van der Waals surface area (Å²) >= 11 is 12.0. The zero-order valence-electron chi connectivity index (χ0n) is 11.8. The van der Waals surface area contributed by atoms with Gasteiger partial charge in [0.15, 0.2) is 0 Å². The summed E-state index contributed by atoms with van der Waals surface area (Å²) in [5, 5.41) is -0.0281. The highest BCUT2D eigenvalue weighted by Gasteiger charge is 2.29. The van der Waals surface area contributed by atoms with Gasteiger partial charge in [0.1, 0.15) is 4.90 Å². The number of nitrogens with zero attached hydrogens (tertiary/aromatic N) is 1. The number of benzene rings is 1. The van der Waals surface area contributed by atoms with E-state index in [1.165, 1.54) is 30.7 Å². The Hall–Kier alpha value is -0.570. The van der Waals surface area contributed by atoms with Crippen molar-refractivity contribution in [3.63, 3.8) is 0 Å². The first-order chi connectivity index (χ1) is 9.84. The summed E-state index contributed by atoms with van der Waals surface area (Å²) in [5.41, 5.74) is 5.89. The normalized spacial score (nSPS) is 12.0. The lowest BCUT2D eigenvalue weighted by molar-refractivity contribution is 0.150. The molecule has 9 heteroatoms. The molecule has 2 N–H and O–H groups in total. The van der Waals surface area contributed by atoms with Crippen molar-refractivity contribution in [2.75, 3.05) is 46.3 Å². The van der Waals surface area contributed by atoms with Crippen LogP contribution in [0.15, 0.2) is 17.0 Å². The summed E-state index contributed by atoms with van der Waals surface area (Å²) in [6.07, 6.45) is 0. The molecule has 1 aromatic carbocycles. The molecule has 0 spiro atoms. The molecule has 0 aliphatic heterocycles. The molecule has 120 valence electrons. The van der Waals surface area contributed by atoms with Gasteiger partial charge in [0.25, 0.3) is 0 Å². The van der Waals surface area contributed by atoms with E-state index in [0.29, 0.717) is 5.69 Å². The van der Waals surface area contributed by atoms with Crippen molar-refractivity contribution in [3.05, 3.63) is 22.2 Å². The molecular weight excluding hydrogens is 339 g/mol. The Morgan fingerprint density at radius 3 is 1.90 bits per heavy atom. The largest absolute Gasteiger partial charge is 0.399 e. The smallest absolute Gasteiger partial charge is 0.246 e. The first kappa shape index (κ1) is 18.5. The summed E-state index contributed by atoms with van der Waals surface area (Å²) in [7, 11) is -0.889. The number of ether oxygens (including phenoxy) is 2. The van der Waals surface area contributed by atoms with Gasteiger partial charge in [-0.15, -0.1) is 0 Å². The molecule has 1 rings (SSSR count). The predicted octanol–water partition coefficient (Wildman–Crippen LogP) is 1.86. The second-order valence-electron chi connectivity index (χ2n) is 4.20. The minimum absolute atomic E-state index is 0.0140. The van der Waals surface area contributed by atoms with Crippen molar-refractivity contribution >= 4 is 38.9 Å². The third kappa shape index (κ3) is 4.70. The first-order valence-corrected chi connectivity index (χ1v) is 8.26. The summed E-state index contributed by atoms with van der Waals surface area (Å²) in [6.45, 7) is 0.818. The number of anilines is 1. The Kier molecular flexibility index (Phi) is 7.19. The second kappa shape index (κ2) is 8.17. The van der Waals surface area contributed by atoms with E-state index < -0.39 is 10.0 Å². The number of nitrogens with two attached hydrogens (primary N) is 1. The molecule has 0 aliphatic carbocycles. The molecule has 0 saturated carbocycles. The molecule has 0 fully saturated rings. The van der Waals surface area contributed by atoms with Crippen LogP contribution in [0.5, 0.6) is 0 Å². The number of methoxy groups -OCH3 is 2. The maximum Gasteiger partial charge on any atom is 0.246 e. The molecular formula is C12H18Cl2N2O4S. The van der Waals surface area contributed by atoms with Gasteiger partial charge in [0, 0.05) is 33.0 Å². The fourth-order valence-corrected chi connectivity index (χ4v) is 4.28. The maximum atomic E-state index is 12.7. The lowest BCUT2D eigenvalue weighted by Crippen LogP contribution is -2.36. The molecule has 0 saturated heterocycles. The Morgan fingerprint density at radius 2 is 1.52 bits per heavy atom. The van der Waals surface area contributed by atoms with Gasteiger partial charge in [-0.05, 0) is 12.1 Å². The van der Waals surface area contributed by atoms with Crippen LogP contribution < -0.4 is 5.73 Å². The molecule has 0 unspecified atom stereocenters. The van der Waals surface area contributed by atoms with E-state index in [-0.39, 0.29) is 41.2 Å². The second-order valence-corrected chi connectivity index (χ2v) is 6.89. The number of halogens is 2. The molecule has 21 heavy (non-hydrogen) atoms. The quantitative estimate of drug-likeness (QED) is 0.718. The fraction of sp³-hybridized carbons (Fsp3) is 0.500. The van der Waals surface area contributed by atoms with Crippen LogP contribution >= 0.6 is 23.2 Å². The molecule has 0 aliphatic rings. The number of hydrogen-bond acceptors (Lipinski definition) is 5. The average Bonchev–Trinajstić information content (AvgIpc) is 2.36. The van der Waals surface area contributed by atoms with Crippen molar-refractivity contribution in [2.45, 2.75) is 4.90 Å². The average molecular weight is 357 g/mol. The van der Waals surface area contributed by atoms with Crippen molar-refractivity contribution in [2.24, 2.45) is 0 Å². The van der Waals surface area contributed by atoms with Crippen molar-refractivity contribution < 1.29 is 17.9 Å². The first-order valence-electron chi connectivity index (χ1n) is 6.07. The Bertz CT molecular complexity index is 550. The molecule has 6 nitrogen and oxygen atoms in total. The van der Waals surface area contributed by atoms with E-state index in [9.17, 15) is 8.42 Å². The van der Waals surface area contributed by atoms with E-state index in [2.05, 4.69) is 0 Å². The Balaban J connectivity index is 3.21. The van der Waals surface area contributed by atoms with Gasteiger partial charge in [-0.25, -0.2) is 8.42 Å². The highest BCUT2D eigenvalue weighted by Crippen LogP contribution is 2.33. The molecule has 0 atom stereocenters. The molecule has 0 radical (unpaired) electrons. The zero-order chi connectivity index (χ0) is 16.0. The minimum atomic E-state index is -3.87. The van der Waals surface area contributed by atoms with E-state index in [0.717, 1.165) is 0 Å². The van der Waals surface area contributed by atoms with Crippen molar-refractivity contribution in [1.82, 2.24) is 4.31 Å². The molecule has 0 heterocycles. The van der Waals surface area contributed by atoms with Crippen LogP contribution in [0.4, 0.5) is 5.69 Å². The number of sulfonamides is 1. The molecule has 0 aromatic heterocycles. The van der Waals surface area contributed by atoms with Crippen molar-refractivity contribution in [3.8, 4) is 0 Å². The third-order valence-electron chi connectivity index (χ3n) is 2.71. The van der Waals surface area contributed by atoms with E-state index in [1.807, 2.05) is 0 Å². The monoisotopic (exact) mass is 356 g/mol. The van der Waals surface area contributed by atoms with Crippen LogP contribution in [-0.4, -0.2) is 53.2 Å². The van der Waals surface area contributed by atoms with E-state index in [1.54, 1.807) is 0 Å². The SMILES string of the molecule is COCCN(CCOC)S(=O)(=O)c1c(Cl)cc(N)cc1Cl. The third-order valence-corrected chi connectivity index (χ3v) is 5.53. The summed E-state index contributed by atoms with van der Waals surface area (Å²) in [4.78, 5) is -0.160. The zero-order valence-corrected chi connectivity index (χ0v) is 14.1. The lowest BCUT2D eigenvalue weighted by atomic mass is 10.3. The number of nitrogen functional groups attached to an aromatic ring is 1.